The van der Waals surface area contributed by atoms with Crippen LogP contribution in [0.15, 0.2) is 48.7 Å². The van der Waals surface area contributed by atoms with Crippen LogP contribution in [0.4, 0.5) is 11.6 Å². The fraction of sp³-hybridized carbons (Fsp3) is 0.370. The average molecular weight is 528 g/mol. The Labute approximate surface area is 221 Å². The third kappa shape index (κ3) is 6.46. The van der Waals surface area contributed by atoms with Gasteiger partial charge in [0.05, 0.1) is 11.9 Å². The standard InChI is InChI=1S/C27H31Cl2N5O2/c1-27(31,26(35)36-19-8-2-3-9-19)13-12-17-6-4-7-18(14-17)23-16-32-24(30)25(34-23)33-15-20-21(28)10-5-11-22(20)29/h4-7,10-11,14,16,19H,2-3,8-9,12-13,15,31H2,1H3,(H2,30,32)(H,33,34)/t27-/m1/s1. The van der Waals surface area contributed by atoms with Gasteiger partial charge in [-0.2, -0.15) is 0 Å². The number of anilines is 2. The molecule has 0 unspecified atom stereocenters. The van der Waals surface area contributed by atoms with Gasteiger partial charge in [0.25, 0.3) is 0 Å². The number of ether oxygens (including phenoxy) is 1. The SMILES string of the molecule is C[C@@](N)(CCc1cccc(-c2cnc(N)c(NCc3c(Cl)cccc3Cl)n2)c1)C(=O)OC1CCCC1. The predicted octanol–water partition coefficient (Wildman–Crippen LogP) is 5.78. The van der Waals surface area contributed by atoms with Crippen LogP contribution in [0.5, 0.6) is 0 Å². The third-order valence-electron chi connectivity index (χ3n) is 6.49. The molecule has 5 N–H and O–H groups in total. The Morgan fingerprint density at radius 2 is 1.86 bits per heavy atom. The minimum Gasteiger partial charge on any atom is -0.461 e. The van der Waals surface area contributed by atoms with E-state index < -0.39 is 5.54 Å². The fourth-order valence-corrected chi connectivity index (χ4v) is 4.76. The van der Waals surface area contributed by atoms with Crippen molar-refractivity contribution in [3.63, 3.8) is 0 Å². The molecule has 4 rings (SSSR count). The second-order valence-electron chi connectivity index (χ2n) is 9.47. The van der Waals surface area contributed by atoms with Crippen molar-refractivity contribution in [3.05, 3.63) is 69.8 Å². The Kier molecular flexibility index (Phi) is 8.34. The average Bonchev–Trinajstić information content (AvgIpc) is 3.37. The maximum absolute atomic E-state index is 12.6. The molecular weight excluding hydrogens is 497 g/mol. The van der Waals surface area contributed by atoms with E-state index in [9.17, 15) is 4.79 Å². The Morgan fingerprint density at radius 1 is 1.17 bits per heavy atom. The van der Waals surface area contributed by atoms with Gasteiger partial charge in [-0.3, -0.25) is 4.79 Å². The number of esters is 1. The van der Waals surface area contributed by atoms with Crippen LogP contribution in [0.3, 0.4) is 0 Å². The molecule has 1 saturated carbocycles. The second-order valence-corrected chi connectivity index (χ2v) is 10.3. The Bertz CT molecular complexity index is 1210. The molecule has 1 heterocycles. The number of hydrogen-bond acceptors (Lipinski definition) is 7. The van der Waals surface area contributed by atoms with E-state index in [4.69, 9.17) is 39.4 Å². The molecule has 3 aromatic rings. The van der Waals surface area contributed by atoms with Crippen LogP contribution in [-0.4, -0.2) is 27.6 Å². The summed E-state index contributed by atoms with van der Waals surface area (Å²) in [7, 11) is 0. The molecule has 0 radical (unpaired) electrons. The molecule has 190 valence electrons. The number of aromatic nitrogens is 2. The molecular formula is C27H31Cl2N5O2. The monoisotopic (exact) mass is 527 g/mol. The van der Waals surface area contributed by atoms with E-state index in [-0.39, 0.29) is 17.9 Å². The number of hydrogen-bond donors (Lipinski definition) is 3. The summed E-state index contributed by atoms with van der Waals surface area (Å²) >= 11 is 12.5. The van der Waals surface area contributed by atoms with Crippen molar-refractivity contribution in [1.82, 2.24) is 9.97 Å². The zero-order valence-corrected chi connectivity index (χ0v) is 21.8. The highest BCUT2D eigenvalue weighted by Crippen LogP contribution is 2.28. The van der Waals surface area contributed by atoms with E-state index in [0.717, 1.165) is 42.4 Å². The van der Waals surface area contributed by atoms with Crippen molar-refractivity contribution in [1.29, 1.82) is 0 Å². The first-order chi connectivity index (χ1) is 17.2. The molecule has 0 bridgehead atoms. The number of rotatable bonds is 9. The Balaban J connectivity index is 1.43. The van der Waals surface area contributed by atoms with E-state index in [1.165, 1.54) is 0 Å². The number of carbonyl (C=O) groups excluding carboxylic acids is 1. The minimum absolute atomic E-state index is 0.00421. The van der Waals surface area contributed by atoms with Gasteiger partial charge in [0, 0.05) is 27.7 Å². The molecule has 36 heavy (non-hydrogen) atoms. The third-order valence-corrected chi connectivity index (χ3v) is 7.20. The molecule has 2 aromatic carbocycles. The van der Waals surface area contributed by atoms with Crippen LogP contribution >= 0.6 is 23.2 Å². The zero-order chi connectivity index (χ0) is 25.7. The predicted molar refractivity (Wildman–Crippen MR) is 145 cm³/mol. The van der Waals surface area contributed by atoms with Crippen LogP contribution < -0.4 is 16.8 Å². The van der Waals surface area contributed by atoms with Crippen LogP contribution in [0, 0.1) is 0 Å². The van der Waals surface area contributed by atoms with Gasteiger partial charge in [0.2, 0.25) is 0 Å². The first kappa shape index (κ1) is 26.2. The Hall–Kier alpha value is -2.87. The summed E-state index contributed by atoms with van der Waals surface area (Å²) in [5.41, 5.74) is 14.7. The van der Waals surface area contributed by atoms with Gasteiger partial charge in [-0.25, -0.2) is 9.97 Å². The highest BCUT2D eigenvalue weighted by molar-refractivity contribution is 6.36. The van der Waals surface area contributed by atoms with E-state index in [2.05, 4.69) is 15.3 Å². The van der Waals surface area contributed by atoms with Gasteiger partial charge in [-0.15, -0.1) is 0 Å². The summed E-state index contributed by atoms with van der Waals surface area (Å²) in [5.74, 6) is 0.389. The number of nitrogens with two attached hydrogens (primary N) is 2. The van der Waals surface area contributed by atoms with E-state index in [1.54, 1.807) is 31.3 Å². The first-order valence-corrected chi connectivity index (χ1v) is 12.9. The zero-order valence-electron chi connectivity index (χ0n) is 20.3. The second kappa shape index (κ2) is 11.5. The van der Waals surface area contributed by atoms with Gasteiger partial charge >= 0.3 is 5.97 Å². The minimum atomic E-state index is -1.04. The summed E-state index contributed by atoms with van der Waals surface area (Å²) in [4.78, 5) is 21.6. The number of nitrogens with one attached hydrogen (secondary N) is 1. The highest BCUT2D eigenvalue weighted by Gasteiger charge is 2.32. The van der Waals surface area contributed by atoms with Gasteiger partial charge < -0.3 is 21.5 Å². The van der Waals surface area contributed by atoms with Gasteiger partial charge in [0.15, 0.2) is 11.6 Å². The number of nitrogens with zero attached hydrogens (tertiary/aromatic N) is 2. The van der Waals surface area contributed by atoms with Crippen LogP contribution in [0.2, 0.25) is 10.0 Å². The number of halogens is 2. The topological polar surface area (TPSA) is 116 Å². The Morgan fingerprint density at radius 3 is 2.58 bits per heavy atom. The molecule has 7 nitrogen and oxygen atoms in total. The van der Waals surface area contributed by atoms with Crippen LogP contribution in [0.25, 0.3) is 11.3 Å². The molecule has 0 amide bonds. The first-order valence-electron chi connectivity index (χ1n) is 12.1. The van der Waals surface area contributed by atoms with Gasteiger partial charge in [-0.05, 0) is 69.2 Å². The lowest BCUT2D eigenvalue weighted by molar-refractivity contribution is -0.155. The smallest absolute Gasteiger partial charge is 0.326 e. The molecule has 1 aromatic heterocycles. The van der Waals surface area contributed by atoms with Crippen molar-refractivity contribution < 1.29 is 9.53 Å². The van der Waals surface area contributed by atoms with E-state index in [0.29, 0.717) is 40.9 Å². The molecule has 1 fully saturated rings. The summed E-state index contributed by atoms with van der Waals surface area (Å²) in [6.45, 7) is 2.09. The van der Waals surface area contributed by atoms with Crippen molar-refractivity contribution >= 4 is 40.8 Å². The molecule has 1 aliphatic carbocycles. The molecule has 0 aliphatic heterocycles. The largest absolute Gasteiger partial charge is 0.461 e. The number of carbonyl (C=O) groups is 1. The normalized spacial score (nSPS) is 15.4. The lowest BCUT2D eigenvalue weighted by Gasteiger charge is -2.25. The molecule has 1 aliphatic rings. The molecule has 0 saturated heterocycles. The lowest BCUT2D eigenvalue weighted by atomic mass is 9.93. The summed E-state index contributed by atoms with van der Waals surface area (Å²) < 4.78 is 5.63. The summed E-state index contributed by atoms with van der Waals surface area (Å²) in [5, 5.41) is 4.31. The lowest BCUT2D eigenvalue weighted by Crippen LogP contribution is -2.47. The molecule has 9 heteroatoms. The maximum atomic E-state index is 12.6. The van der Waals surface area contributed by atoms with E-state index >= 15 is 0 Å². The highest BCUT2D eigenvalue weighted by atomic mass is 35.5. The van der Waals surface area contributed by atoms with E-state index in [1.807, 2.05) is 24.3 Å². The molecule has 1 atom stereocenters. The quantitative estimate of drug-likeness (QED) is 0.302. The van der Waals surface area contributed by atoms with Crippen LogP contribution in [-0.2, 0) is 22.5 Å². The van der Waals surface area contributed by atoms with Gasteiger partial charge in [-0.1, -0.05) is 47.5 Å². The fourth-order valence-electron chi connectivity index (χ4n) is 4.23. The van der Waals surface area contributed by atoms with Crippen LogP contribution in [0.1, 0.15) is 50.2 Å². The summed E-state index contributed by atoms with van der Waals surface area (Å²) in [6.07, 6.45) is 6.79. The number of aryl methyl sites for hydroxylation is 1. The number of benzene rings is 2. The summed E-state index contributed by atoms with van der Waals surface area (Å²) in [6, 6.07) is 13.3. The van der Waals surface area contributed by atoms with Crippen molar-refractivity contribution in [3.8, 4) is 11.3 Å². The van der Waals surface area contributed by atoms with Crippen molar-refractivity contribution in [2.45, 2.75) is 63.6 Å². The van der Waals surface area contributed by atoms with Crippen molar-refractivity contribution in [2.75, 3.05) is 11.1 Å². The van der Waals surface area contributed by atoms with Gasteiger partial charge in [0.1, 0.15) is 11.6 Å². The maximum Gasteiger partial charge on any atom is 0.326 e. The van der Waals surface area contributed by atoms with Crippen molar-refractivity contribution in [2.24, 2.45) is 5.73 Å². The number of nitrogen functional groups attached to an aromatic ring is 1. The molecule has 0 spiro atoms.